The van der Waals surface area contributed by atoms with Crippen LogP contribution in [0.1, 0.15) is 11.5 Å². The van der Waals surface area contributed by atoms with E-state index in [1.165, 1.54) is 0 Å². The maximum Gasteiger partial charge on any atom is 0.185 e. The first-order chi connectivity index (χ1) is 14.8. The summed E-state index contributed by atoms with van der Waals surface area (Å²) in [6.07, 6.45) is 9.33. The number of pyridine rings is 2. The zero-order valence-electron chi connectivity index (χ0n) is 16.1. The number of benzene rings is 1. The molecule has 1 aliphatic heterocycles. The van der Waals surface area contributed by atoms with Crippen LogP contribution in [0.5, 0.6) is 0 Å². The quantitative estimate of drug-likeness (QED) is 0.459. The fourth-order valence-electron chi connectivity index (χ4n) is 3.84. The Morgan fingerprint density at radius 3 is 2.83 bits per heavy atom. The number of nitrogens with one attached hydrogen (secondary N) is 2. The summed E-state index contributed by atoms with van der Waals surface area (Å²) in [5, 5.41) is 13.0. The zero-order valence-corrected chi connectivity index (χ0v) is 16.1. The zero-order chi connectivity index (χ0) is 20.1. The van der Waals surface area contributed by atoms with Crippen LogP contribution in [0.15, 0.2) is 60.1 Å². The summed E-state index contributed by atoms with van der Waals surface area (Å²) in [6.45, 7) is 0. The van der Waals surface area contributed by atoms with Crippen LogP contribution in [0.2, 0.25) is 0 Å². The summed E-state index contributed by atoms with van der Waals surface area (Å²) in [4.78, 5) is 17.0. The van der Waals surface area contributed by atoms with Gasteiger partial charge in [0, 0.05) is 29.5 Å². The summed E-state index contributed by atoms with van der Waals surface area (Å²) in [5.74, 6) is 0.854. The third-order valence-electron chi connectivity index (χ3n) is 5.32. The highest BCUT2D eigenvalue weighted by Crippen LogP contribution is 2.31. The largest absolute Gasteiger partial charge is 0.336 e. The second-order valence-corrected chi connectivity index (χ2v) is 7.27. The van der Waals surface area contributed by atoms with Gasteiger partial charge in [0.1, 0.15) is 17.1 Å². The number of hydrazone groups is 1. The van der Waals surface area contributed by atoms with Crippen LogP contribution in [0.4, 0.5) is 0 Å². The average molecular weight is 393 g/mol. The first-order valence-corrected chi connectivity index (χ1v) is 9.62. The molecule has 144 valence electrons. The topological polar surface area (TPSA) is 98.5 Å². The standard InChI is InChI=1S/C22H17N8/c1-30-12-15(11-25-30)13-4-5-17-16(9-13)20(29-28-17)22-26-18-6-8-24-19(21(18)27-22)14-3-2-7-23-10-14/h2-12,15H,1H3,(H,26,27)(H,28,29)/q+1. The lowest BCUT2D eigenvalue weighted by Crippen LogP contribution is -2.00. The molecule has 0 saturated heterocycles. The molecule has 8 heteroatoms. The number of rotatable bonds is 3. The molecule has 0 spiro atoms. The Labute approximate surface area is 171 Å². The first kappa shape index (κ1) is 16.7. The third-order valence-corrected chi connectivity index (χ3v) is 5.32. The molecule has 1 unspecified atom stereocenters. The molecule has 0 fully saturated rings. The van der Waals surface area contributed by atoms with Crippen LogP contribution >= 0.6 is 0 Å². The van der Waals surface area contributed by atoms with Crippen molar-refractivity contribution < 1.29 is 4.68 Å². The lowest BCUT2D eigenvalue weighted by atomic mass is 9.99. The Morgan fingerprint density at radius 2 is 2.00 bits per heavy atom. The number of hydrogen-bond donors (Lipinski definition) is 2. The van der Waals surface area contributed by atoms with Crippen LogP contribution < -0.4 is 0 Å². The highest BCUT2D eigenvalue weighted by molar-refractivity contribution is 5.98. The van der Waals surface area contributed by atoms with E-state index in [0.29, 0.717) is 5.82 Å². The van der Waals surface area contributed by atoms with Gasteiger partial charge in [-0.2, -0.15) is 5.10 Å². The number of aromatic nitrogens is 6. The minimum atomic E-state index is 0.152. The van der Waals surface area contributed by atoms with E-state index in [1.807, 2.05) is 42.2 Å². The number of aromatic amines is 2. The first-order valence-electron chi connectivity index (χ1n) is 9.62. The van der Waals surface area contributed by atoms with Crippen molar-refractivity contribution in [2.75, 3.05) is 7.05 Å². The van der Waals surface area contributed by atoms with Gasteiger partial charge in [-0.25, -0.2) is 4.98 Å². The second-order valence-electron chi connectivity index (χ2n) is 7.27. The molecular weight excluding hydrogens is 376 g/mol. The van der Waals surface area contributed by atoms with E-state index < -0.39 is 0 Å². The van der Waals surface area contributed by atoms with Crippen LogP contribution in [0.25, 0.3) is 44.7 Å². The molecule has 1 aromatic carbocycles. The van der Waals surface area contributed by atoms with E-state index in [1.54, 1.807) is 18.6 Å². The molecule has 0 radical (unpaired) electrons. The SMILES string of the molecule is C[N+]1=CC(c2ccc3[nH]nc(-c4nc5c(-c6cccnc6)nccc5[nH]4)c3c2)C=N1. The molecule has 6 rings (SSSR count). The van der Waals surface area contributed by atoms with Crippen molar-refractivity contribution in [1.82, 2.24) is 30.1 Å². The average Bonchev–Trinajstić information content (AvgIpc) is 3.50. The normalized spacial score (nSPS) is 15.9. The Kier molecular flexibility index (Phi) is 3.58. The van der Waals surface area contributed by atoms with Crippen molar-refractivity contribution in [2.45, 2.75) is 5.92 Å². The Morgan fingerprint density at radius 1 is 1.03 bits per heavy atom. The molecular formula is C22H17N8+. The van der Waals surface area contributed by atoms with Crippen molar-refractivity contribution in [3.8, 4) is 22.8 Å². The Hall–Kier alpha value is -4.20. The summed E-state index contributed by atoms with van der Waals surface area (Å²) in [7, 11) is 1.93. The lowest BCUT2D eigenvalue weighted by Gasteiger charge is -2.01. The molecule has 4 aromatic heterocycles. The van der Waals surface area contributed by atoms with Gasteiger partial charge in [-0.05, 0) is 41.0 Å². The summed E-state index contributed by atoms with van der Waals surface area (Å²) in [5.41, 5.74) is 6.33. The molecule has 0 bridgehead atoms. The van der Waals surface area contributed by atoms with Gasteiger partial charge < -0.3 is 4.98 Å². The summed E-state index contributed by atoms with van der Waals surface area (Å²) in [6, 6.07) is 12.1. The van der Waals surface area contributed by atoms with Gasteiger partial charge in [0.2, 0.25) is 0 Å². The summed E-state index contributed by atoms with van der Waals surface area (Å²) < 4.78 is 1.83. The van der Waals surface area contributed by atoms with E-state index in [2.05, 4.69) is 48.6 Å². The van der Waals surface area contributed by atoms with Crippen molar-refractivity contribution in [3.05, 3.63) is 60.6 Å². The minimum Gasteiger partial charge on any atom is -0.336 e. The predicted octanol–water partition coefficient (Wildman–Crippen LogP) is 3.36. The van der Waals surface area contributed by atoms with Crippen molar-refractivity contribution in [1.29, 1.82) is 0 Å². The number of fused-ring (bicyclic) bond motifs is 2. The Balaban J connectivity index is 1.50. The monoisotopic (exact) mass is 393 g/mol. The molecule has 5 heterocycles. The number of nitrogens with zero attached hydrogens (tertiary/aromatic N) is 6. The molecule has 0 amide bonds. The minimum absolute atomic E-state index is 0.152. The van der Waals surface area contributed by atoms with Crippen molar-refractivity contribution >= 4 is 34.4 Å². The molecule has 0 saturated carbocycles. The molecule has 30 heavy (non-hydrogen) atoms. The predicted molar refractivity (Wildman–Crippen MR) is 116 cm³/mol. The van der Waals surface area contributed by atoms with Crippen LogP contribution in [0, 0.1) is 0 Å². The smallest absolute Gasteiger partial charge is 0.185 e. The highest BCUT2D eigenvalue weighted by Gasteiger charge is 2.20. The van der Waals surface area contributed by atoms with E-state index in [4.69, 9.17) is 4.98 Å². The summed E-state index contributed by atoms with van der Waals surface area (Å²) >= 11 is 0. The number of imidazole rings is 1. The van der Waals surface area contributed by atoms with Crippen LogP contribution in [-0.4, -0.2) is 54.3 Å². The number of hydrogen-bond acceptors (Lipinski definition) is 5. The molecule has 2 N–H and O–H groups in total. The van der Waals surface area contributed by atoms with Crippen LogP contribution in [0.3, 0.4) is 0 Å². The van der Waals surface area contributed by atoms with E-state index in [0.717, 1.165) is 44.5 Å². The second kappa shape index (κ2) is 6.41. The fraction of sp³-hybridized carbons (Fsp3) is 0.0909. The van der Waals surface area contributed by atoms with Crippen molar-refractivity contribution in [3.63, 3.8) is 0 Å². The van der Waals surface area contributed by atoms with Gasteiger partial charge in [-0.15, -0.1) is 0 Å². The molecule has 1 aliphatic rings. The molecule has 0 aliphatic carbocycles. The fourth-order valence-corrected chi connectivity index (χ4v) is 3.84. The van der Waals surface area contributed by atoms with Crippen LogP contribution in [-0.2, 0) is 0 Å². The van der Waals surface area contributed by atoms with Gasteiger partial charge in [0.15, 0.2) is 19.1 Å². The number of H-pyrrole nitrogens is 2. The van der Waals surface area contributed by atoms with Gasteiger partial charge >= 0.3 is 0 Å². The lowest BCUT2D eigenvalue weighted by molar-refractivity contribution is -0.494. The van der Waals surface area contributed by atoms with Gasteiger partial charge in [0.05, 0.1) is 22.9 Å². The third kappa shape index (κ3) is 2.61. The van der Waals surface area contributed by atoms with Gasteiger partial charge in [0.25, 0.3) is 0 Å². The van der Waals surface area contributed by atoms with E-state index in [9.17, 15) is 0 Å². The molecule has 8 nitrogen and oxygen atoms in total. The van der Waals surface area contributed by atoms with Gasteiger partial charge in [-0.1, -0.05) is 10.8 Å². The maximum atomic E-state index is 4.85. The van der Waals surface area contributed by atoms with Gasteiger partial charge in [-0.3, -0.25) is 15.1 Å². The Bertz CT molecular complexity index is 1460. The molecule has 1 atom stereocenters. The van der Waals surface area contributed by atoms with E-state index >= 15 is 0 Å². The van der Waals surface area contributed by atoms with Crippen molar-refractivity contribution in [2.24, 2.45) is 5.10 Å². The molecule has 5 aromatic rings. The maximum absolute atomic E-state index is 4.85. The highest BCUT2D eigenvalue weighted by atomic mass is 15.4. The van der Waals surface area contributed by atoms with E-state index in [-0.39, 0.29) is 5.92 Å².